The maximum absolute atomic E-state index is 10.6. The molecule has 1 heterocycles. The van der Waals surface area contributed by atoms with Gasteiger partial charge in [0.2, 0.25) is 0 Å². The van der Waals surface area contributed by atoms with E-state index in [0.29, 0.717) is 0 Å². The molecule has 0 bridgehead atoms. The molecule has 0 aliphatic rings. The summed E-state index contributed by atoms with van der Waals surface area (Å²) in [6.45, 7) is 0. The van der Waals surface area contributed by atoms with Crippen LogP contribution in [0.3, 0.4) is 0 Å². The molecule has 0 fully saturated rings. The highest BCUT2D eigenvalue weighted by molar-refractivity contribution is 6.10. The van der Waals surface area contributed by atoms with Crippen molar-refractivity contribution in [2.45, 2.75) is 0 Å². The number of amides is 2. The molecule has 0 unspecified atom stereocenters. The van der Waals surface area contributed by atoms with Gasteiger partial charge in [-0.3, -0.25) is 0 Å². The van der Waals surface area contributed by atoms with E-state index < -0.39 is 6.03 Å². The van der Waals surface area contributed by atoms with Gasteiger partial charge < -0.3 is 10.2 Å². The van der Waals surface area contributed by atoms with Crippen molar-refractivity contribution in [2.75, 3.05) is 0 Å². The highest BCUT2D eigenvalue weighted by atomic mass is 16.3. The van der Waals surface area contributed by atoms with Crippen LogP contribution in [0.4, 0.5) is 4.79 Å². The molecule has 5 heteroatoms. The molecule has 0 aliphatic heterocycles. The Morgan fingerprint density at radius 2 is 1.95 bits per heavy atom. The van der Waals surface area contributed by atoms with E-state index in [1.807, 2.05) is 42.5 Å². The second kappa shape index (κ2) is 4.45. The van der Waals surface area contributed by atoms with Crippen LogP contribution in [0.15, 0.2) is 52.0 Å². The minimum Gasteiger partial charge on any atom is -0.455 e. The summed E-state index contributed by atoms with van der Waals surface area (Å²) in [6, 6.07) is 12.9. The van der Waals surface area contributed by atoms with E-state index in [1.165, 1.54) is 6.21 Å². The van der Waals surface area contributed by atoms with Crippen LogP contribution in [0.1, 0.15) is 5.56 Å². The fourth-order valence-electron chi connectivity index (χ4n) is 2.04. The van der Waals surface area contributed by atoms with E-state index in [-0.39, 0.29) is 0 Å². The first-order valence-corrected chi connectivity index (χ1v) is 5.74. The summed E-state index contributed by atoms with van der Waals surface area (Å²) in [5.41, 5.74) is 9.44. The third-order valence-electron chi connectivity index (χ3n) is 2.81. The van der Waals surface area contributed by atoms with Gasteiger partial charge in [0.15, 0.2) is 0 Å². The van der Waals surface area contributed by atoms with E-state index >= 15 is 0 Å². The average Bonchev–Trinajstić information content (AvgIpc) is 2.78. The van der Waals surface area contributed by atoms with Gasteiger partial charge in [0.1, 0.15) is 11.2 Å². The molecule has 0 atom stereocenters. The predicted molar refractivity (Wildman–Crippen MR) is 74.0 cm³/mol. The molecule has 0 saturated heterocycles. The van der Waals surface area contributed by atoms with Gasteiger partial charge in [0.25, 0.3) is 0 Å². The largest absolute Gasteiger partial charge is 0.455 e. The molecule has 94 valence electrons. The fourth-order valence-corrected chi connectivity index (χ4v) is 2.04. The lowest BCUT2D eigenvalue weighted by atomic mass is 10.1. The van der Waals surface area contributed by atoms with E-state index in [1.54, 1.807) is 0 Å². The van der Waals surface area contributed by atoms with Crippen molar-refractivity contribution in [3.05, 3.63) is 48.0 Å². The zero-order chi connectivity index (χ0) is 13.2. The van der Waals surface area contributed by atoms with E-state index in [2.05, 4.69) is 10.5 Å². The van der Waals surface area contributed by atoms with Crippen LogP contribution in [0.25, 0.3) is 21.9 Å². The SMILES string of the molecule is NC(=O)NN=Cc1cccc2c1oc1ccccc12. The molecular weight excluding hydrogens is 242 g/mol. The van der Waals surface area contributed by atoms with Crippen LogP contribution < -0.4 is 11.2 Å². The summed E-state index contributed by atoms with van der Waals surface area (Å²) in [4.78, 5) is 10.6. The molecule has 0 aliphatic carbocycles. The number of rotatable bonds is 2. The van der Waals surface area contributed by atoms with Gasteiger partial charge in [-0.05, 0) is 12.1 Å². The van der Waals surface area contributed by atoms with E-state index in [0.717, 1.165) is 27.5 Å². The van der Waals surface area contributed by atoms with Crippen molar-refractivity contribution >= 4 is 34.2 Å². The Bertz CT molecular complexity index is 790. The van der Waals surface area contributed by atoms with Gasteiger partial charge in [0.05, 0.1) is 6.21 Å². The molecule has 3 rings (SSSR count). The van der Waals surface area contributed by atoms with Gasteiger partial charge in [-0.1, -0.05) is 30.3 Å². The predicted octanol–water partition coefficient (Wildman–Crippen LogP) is 2.59. The van der Waals surface area contributed by atoms with E-state index in [9.17, 15) is 4.79 Å². The van der Waals surface area contributed by atoms with Crippen molar-refractivity contribution in [3.8, 4) is 0 Å². The zero-order valence-corrected chi connectivity index (χ0v) is 9.96. The van der Waals surface area contributed by atoms with Gasteiger partial charge in [0, 0.05) is 16.3 Å². The van der Waals surface area contributed by atoms with Crippen molar-refractivity contribution in [1.29, 1.82) is 0 Å². The summed E-state index contributed by atoms with van der Waals surface area (Å²) in [6.07, 6.45) is 1.51. The first-order valence-electron chi connectivity index (χ1n) is 5.74. The van der Waals surface area contributed by atoms with Crippen LogP contribution in [-0.2, 0) is 0 Å². The monoisotopic (exact) mass is 253 g/mol. The van der Waals surface area contributed by atoms with Gasteiger partial charge >= 0.3 is 6.03 Å². The zero-order valence-electron chi connectivity index (χ0n) is 9.96. The lowest BCUT2D eigenvalue weighted by Gasteiger charge is -1.95. The van der Waals surface area contributed by atoms with Crippen LogP contribution in [0.5, 0.6) is 0 Å². The van der Waals surface area contributed by atoms with Crippen LogP contribution >= 0.6 is 0 Å². The molecule has 5 nitrogen and oxygen atoms in total. The van der Waals surface area contributed by atoms with Crippen molar-refractivity contribution in [1.82, 2.24) is 5.43 Å². The topological polar surface area (TPSA) is 80.6 Å². The number of hydrogen-bond donors (Lipinski definition) is 2. The molecule has 0 radical (unpaired) electrons. The molecule has 2 amide bonds. The van der Waals surface area contributed by atoms with Gasteiger partial charge in [-0.15, -0.1) is 0 Å². The standard InChI is InChI=1S/C14H11N3O2/c15-14(18)17-16-8-9-4-3-6-11-10-5-1-2-7-12(10)19-13(9)11/h1-8H,(H3,15,17,18). The normalized spacial score (nSPS) is 11.4. The molecular formula is C14H11N3O2. The molecule has 2 aromatic carbocycles. The van der Waals surface area contributed by atoms with Gasteiger partial charge in [-0.2, -0.15) is 5.10 Å². The minimum absolute atomic E-state index is 0.701. The molecule has 1 aromatic heterocycles. The number of carbonyl (C=O) groups excluding carboxylic acids is 1. The van der Waals surface area contributed by atoms with Crippen LogP contribution in [-0.4, -0.2) is 12.2 Å². The number of primary amides is 1. The lowest BCUT2D eigenvalue weighted by Crippen LogP contribution is -2.24. The third kappa shape index (κ3) is 2.01. The molecule has 0 spiro atoms. The highest BCUT2D eigenvalue weighted by Crippen LogP contribution is 2.29. The molecule has 19 heavy (non-hydrogen) atoms. The number of urea groups is 1. The maximum atomic E-state index is 10.6. The quantitative estimate of drug-likeness (QED) is 0.543. The number of nitrogens with two attached hydrogens (primary N) is 1. The van der Waals surface area contributed by atoms with Crippen LogP contribution in [0, 0.1) is 0 Å². The Morgan fingerprint density at radius 1 is 1.16 bits per heavy atom. The number of fused-ring (bicyclic) bond motifs is 3. The number of hydrogen-bond acceptors (Lipinski definition) is 3. The fraction of sp³-hybridized carbons (Fsp3) is 0. The number of nitrogens with zero attached hydrogens (tertiary/aromatic N) is 1. The van der Waals surface area contributed by atoms with Crippen molar-refractivity contribution < 1.29 is 9.21 Å². The number of nitrogens with one attached hydrogen (secondary N) is 1. The Hall–Kier alpha value is -2.82. The van der Waals surface area contributed by atoms with Gasteiger partial charge in [-0.25, -0.2) is 10.2 Å². The van der Waals surface area contributed by atoms with E-state index in [4.69, 9.17) is 10.2 Å². The number of hydrazone groups is 1. The van der Waals surface area contributed by atoms with Crippen LogP contribution in [0.2, 0.25) is 0 Å². The number of para-hydroxylation sites is 2. The molecule has 3 N–H and O–H groups in total. The Kier molecular flexibility index (Phi) is 2.64. The Labute approximate surface area is 108 Å². The summed E-state index contributed by atoms with van der Waals surface area (Å²) in [7, 11) is 0. The second-order valence-corrected chi connectivity index (χ2v) is 4.06. The summed E-state index contributed by atoms with van der Waals surface area (Å²) in [5, 5.41) is 5.82. The number of carbonyl (C=O) groups is 1. The molecule has 0 saturated carbocycles. The second-order valence-electron chi connectivity index (χ2n) is 4.06. The van der Waals surface area contributed by atoms with Crippen molar-refractivity contribution in [3.63, 3.8) is 0 Å². The third-order valence-corrected chi connectivity index (χ3v) is 2.81. The maximum Gasteiger partial charge on any atom is 0.332 e. The number of furan rings is 1. The first-order chi connectivity index (χ1) is 9.25. The lowest BCUT2D eigenvalue weighted by molar-refractivity contribution is 0.249. The first kappa shape index (κ1) is 11.3. The van der Waals surface area contributed by atoms with Crippen molar-refractivity contribution in [2.24, 2.45) is 10.8 Å². The summed E-state index contributed by atoms with van der Waals surface area (Å²) < 4.78 is 5.81. The highest BCUT2D eigenvalue weighted by Gasteiger charge is 2.08. The minimum atomic E-state index is -0.701. The Balaban J connectivity index is 2.15. The summed E-state index contributed by atoms with van der Waals surface area (Å²) in [5.74, 6) is 0. The molecule has 3 aromatic rings. The smallest absolute Gasteiger partial charge is 0.332 e. The number of benzene rings is 2. The average molecular weight is 253 g/mol. The Morgan fingerprint density at radius 3 is 2.79 bits per heavy atom. The summed E-state index contributed by atoms with van der Waals surface area (Å²) >= 11 is 0.